The molecule has 0 unspecified atom stereocenters. The van der Waals surface area contributed by atoms with Crippen LogP contribution in [0.15, 0.2) is 23.1 Å². The number of aromatic nitrogens is 1. The second kappa shape index (κ2) is 5.69. The summed E-state index contributed by atoms with van der Waals surface area (Å²) in [5, 5.41) is 11.6. The summed E-state index contributed by atoms with van der Waals surface area (Å²) in [6.07, 6.45) is 2.15. The highest BCUT2D eigenvalue weighted by atomic mass is 16.4. The number of carbonyl (C=O) groups is 2. The molecule has 0 aromatic carbocycles. The van der Waals surface area contributed by atoms with E-state index in [1.54, 1.807) is 0 Å². The monoisotopic (exact) mass is 266 g/mol. The summed E-state index contributed by atoms with van der Waals surface area (Å²) in [5.74, 6) is -1.62. The lowest BCUT2D eigenvalue weighted by atomic mass is 10.0. The topological polar surface area (TPSA) is 88.4 Å². The Morgan fingerprint density at radius 2 is 2.05 bits per heavy atom. The Morgan fingerprint density at radius 1 is 1.42 bits per heavy atom. The molecule has 1 rings (SSSR count). The maximum atomic E-state index is 11.8. The predicted octanol–water partition coefficient (Wildman–Crippen LogP) is 0.851. The lowest BCUT2D eigenvalue weighted by Gasteiger charge is -2.24. The quantitative estimate of drug-likeness (QED) is 0.827. The number of nitrogens with zero attached hydrogens (tertiary/aromatic N) is 1. The summed E-state index contributed by atoms with van der Waals surface area (Å²) in [6, 6.07) is 2.65. The van der Waals surface area contributed by atoms with Crippen molar-refractivity contribution in [2.24, 2.45) is 0 Å². The van der Waals surface area contributed by atoms with E-state index in [-0.39, 0.29) is 23.6 Å². The Morgan fingerprint density at radius 3 is 2.58 bits per heavy atom. The van der Waals surface area contributed by atoms with E-state index in [0.717, 1.165) is 11.0 Å². The van der Waals surface area contributed by atoms with E-state index in [1.165, 1.54) is 18.3 Å². The van der Waals surface area contributed by atoms with Crippen molar-refractivity contribution in [1.29, 1.82) is 0 Å². The molecule has 0 fully saturated rings. The van der Waals surface area contributed by atoms with Crippen LogP contribution in [0.1, 0.15) is 37.6 Å². The first kappa shape index (κ1) is 14.9. The van der Waals surface area contributed by atoms with Crippen LogP contribution in [-0.4, -0.2) is 27.1 Å². The minimum atomic E-state index is -1.30. The van der Waals surface area contributed by atoms with Crippen molar-refractivity contribution in [2.75, 3.05) is 0 Å². The van der Waals surface area contributed by atoms with E-state index in [4.69, 9.17) is 5.11 Å². The highest BCUT2D eigenvalue weighted by Gasteiger charge is 2.19. The number of amides is 1. The van der Waals surface area contributed by atoms with Crippen LogP contribution in [0.3, 0.4) is 0 Å². The van der Waals surface area contributed by atoms with Crippen molar-refractivity contribution < 1.29 is 14.7 Å². The number of hydrogen-bond donors (Lipinski definition) is 2. The minimum absolute atomic E-state index is 0.191. The van der Waals surface area contributed by atoms with Gasteiger partial charge in [-0.3, -0.25) is 9.59 Å². The Hall–Kier alpha value is -2.11. The number of hydrogen-bond acceptors (Lipinski definition) is 3. The molecule has 6 heteroatoms. The SMILES string of the molecule is CCC(C)(C)NC(=O)Cn1cccc(C(=O)O)c1=O. The second-order valence-electron chi connectivity index (χ2n) is 4.95. The summed E-state index contributed by atoms with van der Waals surface area (Å²) in [7, 11) is 0. The third-order valence-electron chi connectivity index (χ3n) is 2.93. The molecule has 1 heterocycles. The number of rotatable bonds is 5. The van der Waals surface area contributed by atoms with Gasteiger partial charge in [-0.05, 0) is 32.4 Å². The fraction of sp³-hybridized carbons (Fsp3) is 0.462. The third-order valence-corrected chi connectivity index (χ3v) is 2.93. The normalized spacial score (nSPS) is 11.1. The van der Waals surface area contributed by atoms with Gasteiger partial charge in [0.1, 0.15) is 12.1 Å². The molecule has 0 radical (unpaired) electrons. The van der Waals surface area contributed by atoms with Crippen molar-refractivity contribution in [1.82, 2.24) is 9.88 Å². The first-order valence-electron chi connectivity index (χ1n) is 6.00. The smallest absolute Gasteiger partial charge is 0.341 e. The molecule has 0 aliphatic heterocycles. The molecule has 0 spiro atoms. The van der Waals surface area contributed by atoms with Gasteiger partial charge in [-0.1, -0.05) is 6.92 Å². The highest BCUT2D eigenvalue weighted by Crippen LogP contribution is 2.06. The molecular weight excluding hydrogens is 248 g/mol. The van der Waals surface area contributed by atoms with Gasteiger partial charge in [-0.25, -0.2) is 4.79 Å². The summed E-state index contributed by atoms with van der Waals surface area (Å²) >= 11 is 0. The van der Waals surface area contributed by atoms with E-state index >= 15 is 0 Å². The number of carboxylic acids is 1. The number of pyridine rings is 1. The van der Waals surface area contributed by atoms with Gasteiger partial charge in [-0.2, -0.15) is 0 Å². The summed E-state index contributed by atoms with van der Waals surface area (Å²) < 4.78 is 1.09. The van der Waals surface area contributed by atoms with Gasteiger partial charge >= 0.3 is 5.97 Å². The van der Waals surface area contributed by atoms with Crippen LogP contribution in [0.4, 0.5) is 0 Å². The predicted molar refractivity (Wildman–Crippen MR) is 70.2 cm³/mol. The number of nitrogens with one attached hydrogen (secondary N) is 1. The molecule has 0 atom stereocenters. The van der Waals surface area contributed by atoms with Crippen LogP contribution in [0, 0.1) is 0 Å². The van der Waals surface area contributed by atoms with E-state index in [2.05, 4.69) is 5.32 Å². The molecule has 2 N–H and O–H groups in total. The van der Waals surface area contributed by atoms with Crippen LogP contribution in [-0.2, 0) is 11.3 Å². The Bertz CT molecular complexity index is 546. The van der Waals surface area contributed by atoms with Gasteiger partial charge in [0, 0.05) is 11.7 Å². The van der Waals surface area contributed by atoms with Crippen molar-refractivity contribution in [3.05, 3.63) is 34.2 Å². The minimum Gasteiger partial charge on any atom is -0.477 e. The average molecular weight is 266 g/mol. The van der Waals surface area contributed by atoms with Crippen molar-refractivity contribution in [3.63, 3.8) is 0 Å². The zero-order valence-electron chi connectivity index (χ0n) is 11.3. The molecule has 0 saturated carbocycles. The van der Waals surface area contributed by atoms with Crippen molar-refractivity contribution in [3.8, 4) is 0 Å². The molecule has 19 heavy (non-hydrogen) atoms. The van der Waals surface area contributed by atoms with Crippen LogP contribution >= 0.6 is 0 Å². The molecule has 0 saturated heterocycles. The maximum absolute atomic E-state index is 11.8. The number of carboxylic acid groups (broad SMARTS) is 1. The van der Waals surface area contributed by atoms with Gasteiger partial charge in [0.05, 0.1) is 0 Å². The van der Waals surface area contributed by atoms with E-state index < -0.39 is 11.5 Å². The summed E-state index contributed by atoms with van der Waals surface area (Å²) in [6.45, 7) is 5.50. The van der Waals surface area contributed by atoms with Crippen molar-refractivity contribution >= 4 is 11.9 Å². The van der Waals surface area contributed by atoms with E-state index in [1.807, 2.05) is 20.8 Å². The Labute approximate surface area is 111 Å². The first-order chi connectivity index (χ1) is 8.76. The van der Waals surface area contributed by atoms with Crippen LogP contribution < -0.4 is 10.9 Å². The zero-order chi connectivity index (χ0) is 14.6. The highest BCUT2D eigenvalue weighted by molar-refractivity contribution is 5.87. The lowest BCUT2D eigenvalue weighted by Crippen LogP contribution is -2.45. The van der Waals surface area contributed by atoms with Gasteiger partial charge < -0.3 is 15.0 Å². The largest absolute Gasteiger partial charge is 0.477 e. The Kier molecular flexibility index (Phi) is 4.47. The molecule has 0 aliphatic carbocycles. The lowest BCUT2D eigenvalue weighted by molar-refractivity contribution is -0.123. The second-order valence-corrected chi connectivity index (χ2v) is 4.95. The van der Waals surface area contributed by atoms with Gasteiger partial charge in [0.25, 0.3) is 5.56 Å². The van der Waals surface area contributed by atoms with Crippen LogP contribution in [0.25, 0.3) is 0 Å². The molecule has 1 aromatic rings. The molecule has 6 nitrogen and oxygen atoms in total. The maximum Gasteiger partial charge on any atom is 0.341 e. The third kappa shape index (κ3) is 3.94. The van der Waals surface area contributed by atoms with Crippen molar-refractivity contribution in [2.45, 2.75) is 39.3 Å². The van der Waals surface area contributed by atoms with Gasteiger partial charge in [-0.15, -0.1) is 0 Å². The molecule has 1 amide bonds. The molecular formula is C13H18N2O4. The van der Waals surface area contributed by atoms with Gasteiger partial charge in [0.2, 0.25) is 5.91 Å². The Balaban J connectivity index is 2.90. The van der Waals surface area contributed by atoms with Crippen LogP contribution in [0.2, 0.25) is 0 Å². The number of aromatic carboxylic acids is 1. The fourth-order valence-corrected chi connectivity index (χ4v) is 1.48. The molecule has 0 bridgehead atoms. The molecule has 0 aliphatic rings. The molecule has 1 aromatic heterocycles. The summed E-state index contributed by atoms with van der Waals surface area (Å²) in [5.41, 5.74) is -1.38. The average Bonchev–Trinajstić information content (AvgIpc) is 2.30. The summed E-state index contributed by atoms with van der Waals surface area (Å²) in [4.78, 5) is 34.4. The first-order valence-corrected chi connectivity index (χ1v) is 6.00. The van der Waals surface area contributed by atoms with Gasteiger partial charge in [0.15, 0.2) is 0 Å². The zero-order valence-corrected chi connectivity index (χ0v) is 11.3. The fourth-order valence-electron chi connectivity index (χ4n) is 1.48. The molecule has 104 valence electrons. The number of carbonyl (C=O) groups excluding carboxylic acids is 1. The van der Waals surface area contributed by atoms with E-state index in [9.17, 15) is 14.4 Å². The standard InChI is InChI=1S/C13H18N2O4/c1-4-13(2,3)14-10(16)8-15-7-5-6-9(11(15)17)12(18)19/h5-7H,4,8H2,1-3H3,(H,14,16)(H,18,19). The van der Waals surface area contributed by atoms with Crippen LogP contribution in [0.5, 0.6) is 0 Å². The van der Waals surface area contributed by atoms with E-state index in [0.29, 0.717) is 0 Å².